The Kier molecular flexibility index (Phi) is 6.65. The number of nitro benzene ring substituents is 1. The van der Waals surface area contributed by atoms with E-state index in [1.165, 1.54) is 12.1 Å². The number of carbonyl (C=O) groups excluding carboxylic acids is 1. The second-order valence-corrected chi connectivity index (χ2v) is 6.58. The van der Waals surface area contributed by atoms with E-state index in [0.717, 1.165) is 11.3 Å². The molecule has 0 radical (unpaired) electrons. The molecule has 0 fully saturated rings. The Morgan fingerprint density at radius 1 is 0.931 bits per heavy atom. The van der Waals surface area contributed by atoms with Crippen LogP contribution < -0.4 is 15.4 Å². The number of rotatable bonds is 8. The first-order valence-electron chi connectivity index (χ1n) is 8.75. The van der Waals surface area contributed by atoms with Crippen LogP contribution in [0.4, 0.5) is 17.1 Å². The normalized spacial score (nSPS) is 10.2. The van der Waals surface area contributed by atoms with Gasteiger partial charge in [0.25, 0.3) is 11.6 Å². The van der Waals surface area contributed by atoms with E-state index in [0.29, 0.717) is 23.0 Å². The molecule has 1 amide bonds. The second kappa shape index (κ2) is 9.57. The Morgan fingerprint density at radius 3 is 2.17 bits per heavy atom. The molecule has 7 nitrogen and oxygen atoms in total. The van der Waals surface area contributed by atoms with Crippen LogP contribution in [0.1, 0.15) is 5.56 Å². The Bertz CT molecular complexity index is 974. The summed E-state index contributed by atoms with van der Waals surface area (Å²) in [5, 5.41) is 17.2. The Balaban J connectivity index is 1.45. The molecular formula is C21H18ClN3O4. The molecule has 0 unspecified atom stereocenters. The summed E-state index contributed by atoms with van der Waals surface area (Å²) in [4.78, 5) is 22.2. The van der Waals surface area contributed by atoms with Crippen molar-refractivity contribution in [3.63, 3.8) is 0 Å². The minimum Gasteiger partial charge on any atom is -0.484 e. The minimum absolute atomic E-state index is 0.0529. The summed E-state index contributed by atoms with van der Waals surface area (Å²) < 4.78 is 5.49. The number of ether oxygens (including phenoxy) is 1. The molecule has 3 aromatic carbocycles. The van der Waals surface area contributed by atoms with Gasteiger partial charge in [0.05, 0.1) is 4.92 Å². The summed E-state index contributed by atoms with van der Waals surface area (Å²) >= 11 is 5.81. The van der Waals surface area contributed by atoms with Gasteiger partial charge in [-0.25, -0.2) is 0 Å². The first-order valence-corrected chi connectivity index (χ1v) is 9.13. The monoisotopic (exact) mass is 411 g/mol. The third kappa shape index (κ3) is 6.22. The molecule has 3 aromatic rings. The number of nitrogens with zero attached hydrogens (tertiary/aromatic N) is 1. The van der Waals surface area contributed by atoms with Crippen LogP contribution in [0, 0.1) is 10.1 Å². The standard InChI is InChI=1S/C21H18ClN3O4/c22-16-3-5-18(6-4-16)24-21(26)14-29-20-11-1-15(2-12-20)13-23-17-7-9-19(10-8-17)25(27)28/h1-12,23H,13-14H2,(H,24,26). The Labute approximate surface area is 172 Å². The SMILES string of the molecule is O=C(COc1ccc(CNc2ccc([N+](=O)[O-])cc2)cc1)Nc1ccc(Cl)cc1. The average molecular weight is 412 g/mol. The van der Waals surface area contributed by atoms with Gasteiger partial charge in [-0.15, -0.1) is 0 Å². The van der Waals surface area contributed by atoms with Gasteiger partial charge < -0.3 is 15.4 Å². The van der Waals surface area contributed by atoms with Crippen molar-refractivity contribution in [2.24, 2.45) is 0 Å². The molecule has 0 saturated carbocycles. The number of amides is 1. The lowest BCUT2D eigenvalue weighted by molar-refractivity contribution is -0.384. The maximum atomic E-state index is 11.9. The largest absolute Gasteiger partial charge is 0.484 e. The van der Waals surface area contributed by atoms with Gasteiger partial charge in [0.2, 0.25) is 0 Å². The van der Waals surface area contributed by atoms with Crippen LogP contribution in [0.5, 0.6) is 5.75 Å². The maximum absolute atomic E-state index is 11.9. The zero-order valence-corrected chi connectivity index (χ0v) is 16.1. The zero-order valence-electron chi connectivity index (χ0n) is 15.3. The molecule has 0 aliphatic rings. The smallest absolute Gasteiger partial charge is 0.269 e. The van der Waals surface area contributed by atoms with Crippen molar-refractivity contribution < 1.29 is 14.5 Å². The molecular weight excluding hydrogens is 394 g/mol. The molecule has 0 aromatic heterocycles. The van der Waals surface area contributed by atoms with Gasteiger partial charge in [0.1, 0.15) is 5.75 Å². The number of nitro groups is 1. The molecule has 0 aliphatic heterocycles. The van der Waals surface area contributed by atoms with E-state index >= 15 is 0 Å². The fourth-order valence-corrected chi connectivity index (χ4v) is 2.61. The Hall–Kier alpha value is -3.58. The summed E-state index contributed by atoms with van der Waals surface area (Å²) in [6.07, 6.45) is 0. The molecule has 0 bridgehead atoms. The lowest BCUT2D eigenvalue weighted by Gasteiger charge is -2.09. The van der Waals surface area contributed by atoms with Crippen LogP contribution in [0.25, 0.3) is 0 Å². The van der Waals surface area contributed by atoms with E-state index in [9.17, 15) is 14.9 Å². The summed E-state index contributed by atoms with van der Waals surface area (Å²) in [6.45, 7) is 0.443. The van der Waals surface area contributed by atoms with Crippen molar-refractivity contribution in [3.05, 3.63) is 93.5 Å². The molecule has 148 valence electrons. The fourth-order valence-electron chi connectivity index (χ4n) is 2.49. The number of hydrogen-bond donors (Lipinski definition) is 2. The van der Waals surface area contributed by atoms with Crippen molar-refractivity contribution in [2.45, 2.75) is 6.54 Å². The number of carbonyl (C=O) groups is 1. The van der Waals surface area contributed by atoms with Crippen LogP contribution >= 0.6 is 11.6 Å². The first-order chi connectivity index (χ1) is 14.0. The van der Waals surface area contributed by atoms with Gasteiger partial charge in [-0.3, -0.25) is 14.9 Å². The molecule has 3 rings (SSSR count). The van der Waals surface area contributed by atoms with E-state index in [4.69, 9.17) is 16.3 Å². The van der Waals surface area contributed by atoms with Crippen molar-refractivity contribution in [1.82, 2.24) is 0 Å². The van der Waals surface area contributed by atoms with Crippen molar-refractivity contribution in [3.8, 4) is 5.75 Å². The second-order valence-electron chi connectivity index (χ2n) is 6.15. The molecule has 0 saturated heterocycles. The summed E-state index contributed by atoms with van der Waals surface area (Å²) in [5.41, 5.74) is 2.49. The van der Waals surface area contributed by atoms with Crippen LogP contribution in [0.3, 0.4) is 0 Å². The summed E-state index contributed by atoms with van der Waals surface area (Å²) in [6, 6.07) is 20.4. The van der Waals surface area contributed by atoms with Gasteiger partial charge in [-0.05, 0) is 54.1 Å². The molecule has 2 N–H and O–H groups in total. The number of halogens is 1. The predicted molar refractivity (Wildman–Crippen MR) is 112 cm³/mol. The summed E-state index contributed by atoms with van der Waals surface area (Å²) in [5.74, 6) is 0.312. The van der Waals surface area contributed by atoms with Gasteiger partial charge in [0.15, 0.2) is 6.61 Å². The highest BCUT2D eigenvalue weighted by atomic mass is 35.5. The van der Waals surface area contributed by atoms with Gasteiger partial charge >= 0.3 is 0 Å². The molecule has 0 heterocycles. The lowest BCUT2D eigenvalue weighted by Crippen LogP contribution is -2.20. The van der Waals surface area contributed by atoms with Crippen molar-refractivity contribution >= 4 is 34.6 Å². The van der Waals surface area contributed by atoms with E-state index in [-0.39, 0.29) is 18.2 Å². The highest BCUT2D eigenvalue weighted by Gasteiger charge is 2.05. The minimum atomic E-state index is -0.432. The number of anilines is 2. The molecule has 0 atom stereocenters. The Morgan fingerprint density at radius 2 is 1.55 bits per heavy atom. The van der Waals surface area contributed by atoms with Crippen molar-refractivity contribution in [1.29, 1.82) is 0 Å². The van der Waals surface area contributed by atoms with Gasteiger partial charge in [-0.2, -0.15) is 0 Å². The van der Waals surface area contributed by atoms with Crippen LogP contribution in [0.2, 0.25) is 5.02 Å². The number of hydrogen-bond acceptors (Lipinski definition) is 5. The molecule has 29 heavy (non-hydrogen) atoms. The third-order valence-electron chi connectivity index (χ3n) is 4.00. The van der Waals surface area contributed by atoms with Crippen LogP contribution in [-0.2, 0) is 11.3 Å². The first kappa shape index (κ1) is 20.2. The molecule has 8 heteroatoms. The van der Waals surface area contributed by atoms with Crippen LogP contribution in [-0.4, -0.2) is 17.4 Å². The highest BCUT2D eigenvalue weighted by Crippen LogP contribution is 2.18. The number of non-ortho nitro benzene ring substituents is 1. The molecule has 0 aliphatic carbocycles. The topological polar surface area (TPSA) is 93.5 Å². The molecule has 0 spiro atoms. The fraction of sp³-hybridized carbons (Fsp3) is 0.0952. The van der Waals surface area contributed by atoms with E-state index in [1.807, 2.05) is 12.1 Å². The van der Waals surface area contributed by atoms with E-state index < -0.39 is 4.92 Å². The predicted octanol–water partition coefficient (Wildman–Crippen LogP) is 4.88. The average Bonchev–Trinajstić information content (AvgIpc) is 2.73. The van der Waals surface area contributed by atoms with Gasteiger partial charge in [-0.1, -0.05) is 23.7 Å². The highest BCUT2D eigenvalue weighted by molar-refractivity contribution is 6.30. The quantitative estimate of drug-likeness (QED) is 0.407. The third-order valence-corrected chi connectivity index (χ3v) is 4.25. The van der Waals surface area contributed by atoms with Crippen LogP contribution in [0.15, 0.2) is 72.8 Å². The van der Waals surface area contributed by atoms with Gasteiger partial charge in [0, 0.05) is 35.1 Å². The van der Waals surface area contributed by atoms with Crippen molar-refractivity contribution in [2.75, 3.05) is 17.2 Å². The maximum Gasteiger partial charge on any atom is 0.269 e. The number of nitrogens with one attached hydrogen (secondary N) is 2. The number of benzene rings is 3. The van der Waals surface area contributed by atoms with E-state index in [2.05, 4.69) is 10.6 Å². The summed E-state index contributed by atoms with van der Waals surface area (Å²) in [7, 11) is 0. The zero-order chi connectivity index (χ0) is 20.6. The van der Waals surface area contributed by atoms with E-state index in [1.54, 1.807) is 48.5 Å². The lowest BCUT2D eigenvalue weighted by atomic mass is 10.2.